The van der Waals surface area contributed by atoms with Crippen LogP contribution in [0.15, 0.2) is 35.3 Å². The molecule has 0 heterocycles. The molecule has 0 radical (unpaired) electrons. The number of hydrogen-bond donors (Lipinski definition) is 2. The fraction of sp³-hybridized carbons (Fsp3) is 0.562. The summed E-state index contributed by atoms with van der Waals surface area (Å²) in [5.41, 5.74) is 7.05. The minimum Gasteiger partial charge on any atom is -0.381 e. The zero-order chi connectivity index (χ0) is 14.6. The molecular weight excluding hydrogens is 377 g/mol. The molecule has 0 saturated carbocycles. The van der Waals surface area contributed by atoms with Crippen molar-refractivity contribution in [1.29, 1.82) is 0 Å². The Hall–Kier alpha value is -0.820. The number of nitrogens with one attached hydrogen (secondary N) is 1. The molecule has 0 aliphatic heterocycles. The van der Waals surface area contributed by atoms with Gasteiger partial charge in [-0.25, -0.2) is 0 Å². The van der Waals surface area contributed by atoms with Crippen LogP contribution in [0.25, 0.3) is 0 Å². The zero-order valence-electron chi connectivity index (χ0n) is 13.0. The quantitative estimate of drug-likeness (QED) is 0.288. The molecule has 1 rings (SSSR count). The number of guanidine groups is 1. The van der Waals surface area contributed by atoms with Gasteiger partial charge in [-0.2, -0.15) is 0 Å². The Balaban J connectivity index is 0.00000400. The van der Waals surface area contributed by atoms with Crippen molar-refractivity contribution in [3.63, 3.8) is 0 Å². The van der Waals surface area contributed by atoms with Gasteiger partial charge in [0.15, 0.2) is 5.96 Å². The first-order chi connectivity index (χ1) is 9.68. The molecule has 120 valence electrons. The maximum Gasteiger partial charge on any atom is 0.188 e. The third-order valence-electron chi connectivity index (χ3n) is 2.78. The van der Waals surface area contributed by atoms with Gasteiger partial charge in [-0.15, -0.1) is 24.0 Å². The first kappa shape index (κ1) is 20.2. The summed E-state index contributed by atoms with van der Waals surface area (Å²) < 4.78 is 5.60. The molecule has 0 aromatic heterocycles. The predicted molar refractivity (Wildman–Crippen MR) is 100 cm³/mol. The Labute approximate surface area is 145 Å². The van der Waals surface area contributed by atoms with Gasteiger partial charge in [0.05, 0.1) is 6.61 Å². The molecule has 21 heavy (non-hydrogen) atoms. The molecule has 0 fully saturated rings. The Kier molecular flexibility index (Phi) is 12.4. The zero-order valence-corrected chi connectivity index (χ0v) is 15.4. The molecule has 4 nitrogen and oxygen atoms in total. The van der Waals surface area contributed by atoms with E-state index in [4.69, 9.17) is 10.5 Å². The highest BCUT2D eigenvalue weighted by molar-refractivity contribution is 14.0. The molecule has 0 saturated heterocycles. The van der Waals surface area contributed by atoms with Crippen LogP contribution in [0.2, 0.25) is 0 Å². The smallest absolute Gasteiger partial charge is 0.188 e. The van der Waals surface area contributed by atoms with Crippen molar-refractivity contribution >= 4 is 29.9 Å². The molecule has 0 aliphatic carbocycles. The lowest BCUT2D eigenvalue weighted by Crippen LogP contribution is -2.33. The van der Waals surface area contributed by atoms with Crippen molar-refractivity contribution in [2.75, 3.05) is 26.3 Å². The number of nitrogens with zero attached hydrogens (tertiary/aromatic N) is 1. The third kappa shape index (κ3) is 11.5. The van der Waals surface area contributed by atoms with E-state index in [1.807, 2.05) is 6.07 Å². The number of rotatable bonds is 9. The van der Waals surface area contributed by atoms with E-state index in [0.29, 0.717) is 11.9 Å². The Morgan fingerprint density at radius 2 is 1.95 bits per heavy atom. The standard InChI is InChI=1S/C16H27N3O.HI/c1-14(2)13-19-16(17)18-10-6-11-20-12-9-15-7-4-3-5-8-15;/h3-5,7-8,14H,6,9-13H2,1-2H3,(H3,17,18,19);1H. The summed E-state index contributed by atoms with van der Waals surface area (Å²) in [7, 11) is 0. The Morgan fingerprint density at radius 3 is 2.62 bits per heavy atom. The maximum atomic E-state index is 5.74. The molecular formula is C16H28IN3O. The molecule has 0 spiro atoms. The summed E-state index contributed by atoms with van der Waals surface area (Å²) in [6.07, 6.45) is 1.90. The van der Waals surface area contributed by atoms with Gasteiger partial charge < -0.3 is 15.8 Å². The third-order valence-corrected chi connectivity index (χ3v) is 2.78. The fourth-order valence-corrected chi connectivity index (χ4v) is 1.66. The van der Waals surface area contributed by atoms with Gasteiger partial charge in [-0.1, -0.05) is 44.2 Å². The predicted octanol–water partition coefficient (Wildman–Crippen LogP) is 2.81. The maximum absolute atomic E-state index is 5.74. The first-order valence-corrected chi connectivity index (χ1v) is 7.34. The van der Waals surface area contributed by atoms with Gasteiger partial charge in [0.25, 0.3) is 0 Å². The number of halogens is 1. The van der Waals surface area contributed by atoms with Gasteiger partial charge in [0.2, 0.25) is 0 Å². The number of benzene rings is 1. The highest BCUT2D eigenvalue weighted by Crippen LogP contribution is 1.99. The SMILES string of the molecule is CC(C)CN=C(N)NCCCOCCc1ccccc1.I. The topological polar surface area (TPSA) is 59.6 Å². The van der Waals surface area contributed by atoms with Crippen LogP contribution in [-0.2, 0) is 11.2 Å². The van der Waals surface area contributed by atoms with Crippen molar-refractivity contribution in [2.24, 2.45) is 16.6 Å². The van der Waals surface area contributed by atoms with E-state index in [1.165, 1.54) is 5.56 Å². The highest BCUT2D eigenvalue weighted by atomic mass is 127. The van der Waals surface area contributed by atoms with Crippen LogP contribution in [0.3, 0.4) is 0 Å². The second kappa shape index (κ2) is 12.9. The fourth-order valence-electron chi connectivity index (χ4n) is 1.66. The second-order valence-corrected chi connectivity index (χ2v) is 5.25. The average molecular weight is 405 g/mol. The normalized spacial score (nSPS) is 11.3. The van der Waals surface area contributed by atoms with Gasteiger partial charge in [-0.3, -0.25) is 4.99 Å². The van der Waals surface area contributed by atoms with Gasteiger partial charge in [0, 0.05) is 19.7 Å². The Bertz CT molecular complexity index is 382. The molecule has 5 heteroatoms. The van der Waals surface area contributed by atoms with E-state index < -0.39 is 0 Å². The summed E-state index contributed by atoms with van der Waals surface area (Å²) >= 11 is 0. The summed E-state index contributed by atoms with van der Waals surface area (Å²) in [5.74, 6) is 1.07. The molecule has 0 unspecified atom stereocenters. The second-order valence-electron chi connectivity index (χ2n) is 5.25. The minimum atomic E-state index is 0. The van der Waals surface area contributed by atoms with E-state index in [1.54, 1.807) is 0 Å². The number of hydrogen-bond acceptors (Lipinski definition) is 2. The van der Waals surface area contributed by atoms with Gasteiger partial charge in [0.1, 0.15) is 0 Å². The largest absolute Gasteiger partial charge is 0.381 e. The van der Waals surface area contributed by atoms with E-state index in [-0.39, 0.29) is 24.0 Å². The lowest BCUT2D eigenvalue weighted by molar-refractivity contribution is 0.135. The van der Waals surface area contributed by atoms with E-state index >= 15 is 0 Å². The van der Waals surface area contributed by atoms with Crippen LogP contribution in [0, 0.1) is 5.92 Å². The summed E-state index contributed by atoms with van der Waals surface area (Å²) in [6, 6.07) is 10.4. The number of nitrogens with two attached hydrogens (primary N) is 1. The lowest BCUT2D eigenvalue weighted by Gasteiger charge is -2.07. The molecule has 0 aliphatic rings. The first-order valence-electron chi connectivity index (χ1n) is 7.34. The monoisotopic (exact) mass is 405 g/mol. The van der Waals surface area contributed by atoms with Crippen molar-refractivity contribution < 1.29 is 4.74 Å². The van der Waals surface area contributed by atoms with Crippen LogP contribution < -0.4 is 11.1 Å². The molecule has 3 N–H and O–H groups in total. The number of aliphatic imine (C=N–C) groups is 1. The van der Waals surface area contributed by atoms with Crippen LogP contribution in [-0.4, -0.2) is 32.3 Å². The van der Waals surface area contributed by atoms with Gasteiger partial charge >= 0.3 is 0 Å². The van der Waals surface area contributed by atoms with Crippen LogP contribution in [0.1, 0.15) is 25.8 Å². The van der Waals surface area contributed by atoms with E-state index in [9.17, 15) is 0 Å². The summed E-state index contributed by atoms with van der Waals surface area (Å²) in [4.78, 5) is 4.24. The van der Waals surface area contributed by atoms with E-state index in [2.05, 4.69) is 48.4 Å². The lowest BCUT2D eigenvalue weighted by atomic mass is 10.2. The summed E-state index contributed by atoms with van der Waals surface area (Å²) in [5, 5.41) is 3.09. The molecule has 0 amide bonds. The Morgan fingerprint density at radius 1 is 1.24 bits per heavy atom. The molecule has 1 aromatic rings. The highest BCUT2D eigenvalue weighted by Gasteiger charge is 1.95. The average Bonchev–Trinajstić information content (AvgIpc) is 2.45. The number of ether oxygens (including phenoxy) is 1. The molecule has 0 atom stereocenters. The van der Waals surface area contributed by atoms with Crippen molar-refractivity contribution in [3.05, 3.63) is 35.9 Å². The summed E-state index contributed by atoms with van der Waals surface area (Å²) in [6.45, 7) is 7.33. The molecule has 1 aromatic carbocycles. The van der Waals surface area contributed by atoms with Crippen LogP contribution in [0.4, 0.5) is 0 Å². The van der Waals surface area contributed by atoms with Crippen LogP contribution >= 0.6 is 24.0 Å². The van der Waals surface area contributed by atoms with Crippen molar-refractivity contribution in [2.45, 2.75) is 26.7 Å². The van der Waals surface area contributed by atoms with Gasteiger partial charge in [-0.05, 0) is 24.3 Å². The molecule has 0 bridgehead atoms. The van der Waals surface area contributed by atoms with Crippen molar-refractivity contribution in [3.8, 4) is 0 Å². The van der Waals surface area contributed by atoms with Crippen molar-refractivity contribution in [1.82, 2.24) is 5.32 Å². The minimum absolute atomic E-state index is 0. The van der Waals surface area contributed by atoms with E-state index in [0.717, 1.165) is 39.1 Å². The van der Waals surface area contributed by atoms with Crippen LogP contribution in [0.5, 0.6) is 0 Å².